The molecule has 1 N–H and O–H groups in total. The molecule has 1 saturated heterocycles. The summed E-state index contributed by atoms with van der Waals surface area (Å²) in [6.07, 6.45) is 3.49. The Kier molecular flexibility index (Phi) is 4.69. The van der Waals surface area contributed by atoms with Crippen molar-refractivity contribution in [3.8, 4) is 6.07 Å². The first-order valence-electron chi connectivity index (χ1n) is 6.97. The molecular weight excluding hydrogens is 238 g/mol. The molecule has 2 heterocycles. The van der Waals surface area contributed by atoms with Crippen LogP contribution >= 0.6 is 0 Å². The van der Waals surface area contributed by atoms with Crippen molar-refractivity contribution in [2.45, 2.75) is 39.2 Å². The first-order chi connectivity index (χ1) is 9.22. The summed E-state index contributed by atoms with van der Waals surface area (Å²) in [6, 6.07) is 4.34. The molecule has 1 atom stereocenters. The predicted molar refractivity (Wildman–Crippen MR) is 75.0 cm³/mol. The molecule has 1 fully saturated rings. The van der Waals surface area contributed by atoms with Crippen molar-refractivity contribution in [3.05, 3.63) is 17.5 Å². The van der Waals surface area contributed by atoms with Crippen LogP contribution in [0.15, 0.2) is 6.07 Å². The molecule has 1 aromatic rings. The second-order valence-electron chi connectivity index (χ2n) is 5.05. The van der Waals surface area contributed by atoms with Gasteiger partial charge in [-0.2, -0.15) is 5.26 Å². The zero-order valence-electron chi connectivity index (χ0n) is 11.7. The van der Waals surface area contributed by atoms with Crippen LogP contribution in [0.5, 0.6) is 0 Å². The average molecular weight is 259 g/mol. The quantitative estimate of drug-likeness (QED) is 0.870. The van der Waals surface area contributed by atoms with Crippen molar-refractivity contribution in [1.82, 2.24) is 15.3 Å². The van der Waals surface area contributed by atoms with E-state index < -0.39 is 0 Å². The molecular formula is C14H21N5. The fourth-order valence-electron chi connectivity index (χ4n) is 2.47. The standard InChI is InChI=1S/C14H21N5/c1-3-7-19(10-12-5-4-6-16-12)14-17-11(2)8-13(9-15)18-14/h8,12,16H,3-7,10H2,1-2H3. The number of anilines is 1. The van der Waals surface area contributed by atoms with Crippen molar-refractivity contribution in [2.24, 2.45) is 0 Å². The van der Waals surface area contributed by atoms with Gasteiger partial charge in [-0.15, -0.1) is 0 Å². The number of nitrogens with zero attached hydrogens (tertiary/aromatic N) is 4. The van der Waals surface area contributed by atoms with Crippen LogP contribution in [-0.4, -0.2) is 35.6 Å². The lowest BCUT2D eigenvalue weighted by molar-refractivity contribution is 0.571. The van der Waals surface area contributed by atoms with Crippen LogP contribution < -0.4 is 10.2 Å². The van der Waals surface area contributed by atoms with Crippen molar-refractivity contribution in [2.75, 3.05) is 24.5 Å². The van der Waals surface area contributed by atoms with E-state index in [1.807, 2.05) is 6.92 Å². The Morgan fingerprint density at radius 2 is 2.37 bits per heavy atom. The number of rotatable bonds is 5. The number of aryl methyl sites for hydroxylation is 1. The summed E-state index contributed by atoms with van der Waals surface area (Å²) in [5.74, 6) is 0.687. The van der Waals surface area contributed by atoms with Crippen LogP contribution in [0.3, 0.4) is 0 Å². The molecule has 19 heavy (non-hydrogen) atoms. The maximum Gasteiger partial charge on any atom is 0.226 e. The minimum absolute atomic E-state index is 0.447. The summed E-state index contributed by atoms with van der Waals surface area (Å²) < 4.78 is 0. The van der Waals surface area contributed by atoms with Crippen LogP contribution in [-0.2, 0) is 0 Å². The third kappa shape index (κ3) is 3.65. The molecule has 1 aliphatic rings. The number of hydrogen-bond donors (Lipinski definition) is 1. The Morgan fingerprint density at radius 3 is 3.00 bits per heavy atom. The van der Waals surface area contributed by atoms with E-state index in [9.17, 15) is 0 Å². The van der Waals surface area contributed by atoms with Gasteiger partial charge in [-0.25, -0.2) is 9.97 Å². The third-order valence-corrected chi connectivity index (χ3v) is 3.34. The number of aromatic nitrogens is 2. The molecule has 2 rings (SSSR count). The molecule has 0 spiro atoms. The monoisotopic (exact) mass is 259 g/mol. The highest BCUT2D eigenvalue weighted by atomic mass is 15.3. The van der Waals surface area contributed by atoms with E-state index in [-0.39, 0.29) is 0 Å². The smallest absolute Gasteiger partial charge is 0.226 e. The van der Waals surface area contributed by atoms with Gasteiger partial charge in [0.25, 0.3) is 0 Å². The van der Waals surface area contributed by atoms with Crippen molar-refractivity contribution in [3.63, 3.8) is 0 Å². The Balaban J connectivity index is 2.17. The van der Waals surface area contributed by atoms with Gasteiger partial charge in [-0.1, -0.05) is 6.92 Å². The summed E-state index contributed by atoms with van der Waals surface area (Å²) in [5, 5.41) is 12.5. The second-order valence-corrected chi connectivity index (χ2v) is 5.05. The highest BCUT2D eigenvalue weighted by Crippen LogP contribution is 2.14. The minimum atomic E-state index is 0.447. The molecule has 1 aliphatic heterocycles. The van der Waals surface area contributed by atoms with Crippen molar-refractivity contribution >= 4 is 5.95 Å². The number of hydrogen-bond acceptors (Lipinski definition) is 5. The van der Waals surface area contributed by atoms with Crippen LogP contribution in [0.2, 0.25) is 0 Å². The fraction of sp³-hybridized carbons (Fsp3) is 0.643. The molecule has 102 valence electrons. The Bertz CT molecular complexity index is 459. The van der Waals surface area contributed by atoms with E-state index in [1.165, 1.54) is 12.8 Å². The third-order valence-electron chi connectivity index (χ3n) is 3.34. The van der Waals surface area contributed by atoms with Crippen molar-refractivity contribution in [1.29, 1.82) is 5.26 Å². The Morgan fingerprint density at radius 1 is 1.53 bits per heavy atom. The van der Waals surface area contributed by atoms with E-state index in [2.05, 4.69) is 33.2 Å². The highest BCUT2D eigenvalue weighted by molar-refractivity contribution is 5.36. The van der Waals surface area contributed by atoms with Gasteiger partial charge in [-0.3, -0.25) is 0 Å². The largest absolute Gasteiger partial charge is 0.339 e. The van der Waals surface area contributed by atoms with E-state index >= 15 is 0 Å². The van der Waals surface area contributed by atoms with Crippen molar-refractivity contribution < 1.29 is 0 Å². The van der Waals surface area contributed by atoms with E-state index in [1.54, 1.807) is 6.07 Å². The predicted octanol–water partition coefficient (Wildman–Crippen LogP) is 1.63. The molecule has 1 aromatic heterocycles. The summed E-state index contributed by atoms with van der Waals surface area (Å²) in [6.45, 7) is 7.00. The van der Waals surface area contributed by atoms with Gasteiger partial charge in [0, 0.05) is 24.8 Å². The Labute approximate surface area is 114 Å². The van der Waals surface area contributed by atoms with Gasteiger partial charge in [-0.05, 0) is 38.8 Å². The summed E-state index contributed by atoms with van der Waals surface area (Å²) in [7, 11) is 0. The van der Waals surface area contributed by atoms with Crippen LogP contribution in [0, 0.1) is 18.3 Å². The average Bonchev–Trinajstić information content (AvgIpc) is 2.90. The first-order valence-corrected chi connectivity index (χ1v) is 6.97. The van der Waals surface area contributed by atoms with Crippen LogP contribution in [0.1, 0.15) is 37.6 Å². The molecule has 0 amide bonds. The van der Waals surface area contributed by atoms with E-state index in [0.717, 1.165) is 31.7 Å². The zero-order valence-corrected chi connectivity index (χ0v) is 11.7. The molecule has 0 bridgehead atoms. The molecule has 0 saturated carbocycles. The highest BCUT2D eigenvalue weighted by Gasteiger charge is 2.19. The van der Waals surface area contributed by atoms with Gasteiger partial charge in [0.1, 0.15) is 11.8 Å². The summed E-state index contributed by atoms with van der Waals surface area (Å²) in [4.78, 5) is 11.0. The topological polar surface area (TPSA) is 64.8 Å². The van der Waals surface area contributed by atoms with Gasteiger partial charge < -0.3 is 10.2 Å². The second kappa shape index (κ2) is 6.48. The molecule has 0 aromatic carbocycles. The van der Waals surface area contributed by atoms with E-state index in [4.69, 9.17) is 5.26 Å². The molecule has 0 aliphatic carbocycles. The van der Waals surface area contributed by atoms with E-state index in [0.29, 0.717) is 17.7 Å². The van der Waals surface area contributed by atoms with Gasteiger partial charge in [0.15, 0.2) is 0 Å². The maximum atomic E-state index is 9.01. The SMILES string of the molecule is CCCN(CC1CCCN1)c1nc(C)cc(C#N)n1. The minimum Gasteiger partial charge on any atom is -0.339 e. The van der Waals surface area contributed by atoms with Crippen LogP contribution in [0.25, 0.3) is 0 Å². The van der Waals surface area contributed by atoms with Gasteiger partial charge in [0.05, 0.1) is 0 Å². The number of nitriles is 1. The fourth-order valence-corrected chi connectivity index (χ4v) is 2.47. The van der Waals surface area contributed by atoms with Gasteiger partial charge in [0.2, 0.25) is 5.95 Å². The number of nitrogens with one attached hydrogen (secondary N) is 1. The maximum absolute atomic E-state index is 9.01. The normalized spacial score (nSPS) is 18.3. The first kappa shape index (κ1) is 13.8. The summed E-state index contributed by atoms with van der Waals surface area (Å²) in [5.41, 5.74) is 1.30. The lowest BCUT2D eigenvalue weighted by atomic mass is 10.2. The van der Waals surface area contributed by atoms with Gasteiger partial charge >= 0.3 is 0 Å². The lowest BCUT2D eigenvalue weighted by Crippen LogP contribution is -2.39. The van der Waals surface area contributed by atoms with Crippen LogP contribution in [0.4, 0.5) is 5.95 Å². The summed E-state index contributed by atoms with van der Waals surface area (Å²) >= 11 is 0. The molecule has 5 nitrogen and oxygen atoms in total. The molecule has 5 heteroatoms. The molecule has 1 unspecified atom stereocenters. The lowest BCUT2D eigenvalue weighted by Gasteiger charge is -2.25. The Hall–Kier alpha value is -1.67. The zero-order chi connectivity index (χ0) is 13.7. The molecule has 0 radical (unpaired) electrons.